The van der Waals surface area contributed by atoms with Gasteiger partial charge in [0.15, 0.2) is 0 Å². The lowest BCUT2D eigenvalue weighted by Gasteiger charge is -2.41. The zero-order valence-electron chi connectivity index (χ0n) is 37.2. The summed E-state index contributed by atoms with van der Waals surface area (Å²) in [5.41, 5.74) is 0. The Morgan fingerprint density at radius 1 is 0.525 bits per heavy atom. The molecular formula is C45H90NO12P. The molecule has 1 saturated carbocycles. The predicted molar refractivity (Wildman–Crippen MR) is 234 cm³/mol. The molecule has 1 fully saturated rings. The van der Waals surface area contributed by atoms with Gasteiger partial charge in [0, 0.05) is 0 Å². The third-order valence-corrected chi connectivity index (χ3v) is 13.0. The summed E-state index contributed by atoms with van der Waals surface area (Å²) in [5, 5.41) is 74.6. The molecule has 1 amide bonds. The molecule has 0 aromatic heterocycles. The van der Waals surface area contributed by atoms with E-state index in [-0.39, 0.29) is 12.8 Å². The molecule has 0 spiro atoms. The zero-order valence-corrected chi connectivity index (χ0v) is 38.1. The molecule has 0 saturated heterocycles. The molecule has 0 bridgehead atoms. The second-order valence-corrected chi connectivity index (χ2v) is 18.9. The Morgan fingerprint density at radius 3 is 1.22 bits per heavy atom. The van der Waals surface area contributed by atoms with Crippen molar-refractivity contribution in [2.75, 3.05) is 6.61 Å². The second-order valence-electron chi connectivity index (χ2n) is 17.5. The number of carbonyl (C=O) groups excluding carboxylic acids is 1. The van der Waals surface area contributed by atoms with E-state index in [9.17, 15) is 50.0 Å². The van der Waals surface area contributed by atoms with E-state index in [4.69, 9.17) is 9.05 Å². The van der Waals surface area contributed by atoms with Crippen LogP contribution in [0.4, 0.5) is 0 Å². The van der Waals surface area contributed by atoms with Crippen LogP contribution in [0.3, 0.4) is 0 Å². The predicted octanol–water partition coefficient (Wildman–Crippen LogP) is 8.04. The summed E-state index contributed by atoms with van der Waals surface area (Å²) in [6.45, 7) is 3.78. The van der Waals surface area contributed by atoms with Gasteiger partial charge in [-0.2, -0.15) is 0 Å². The Hall–Kier alpha value is -0.700. The Bertz CT molecular complexity index is 1030. The second kappa shape index (κ2) is 35.7. The molecule has 0 heterocycles. The fourth-order valence-electron chi connectivity index (χ4n) is 8.01. The molecule has 0 radical (unpaired) electrons. The van der Waals surface area contributed by atoms with Crippen LogP contribution in [0.2, 0.25) is 0 Å². The molecule has 8 unspecified atom stereocenters. The van der Waals surface area contributed by atoms with Crippen LogP contribution in [0.1, 0.15) is 219 Å². The number of carbonyl (C=O) groups is 1. The van der Waals surface area contributed by atoms with Crippen molar-refractivity contribution in [1.29, 1.82) is 0 Å². The van der Waals surface area contributed by atoms with E-state index in [2.05, 4.69) is 19.2 Å². The van der Waals surface area contributed by atoms with Crippen molar-refractivity contribution < 1.29 is 59.0 Å². The average molecular weight is 868 g/mol. The molecule has 1 aliphatic rings. The van der Waals surface area contributed by atoms with E-state index in [1.165, 1.54) is 128 Å². The maximum atomic E-state index is 13.0. The highest BCUT2D eigenvalue weighted by molar-refractivity contribution is 7.47. The van der Waals surface area contributed by atoms with Crippen molar-refractivity contribution in [3.63, 3.8) is 0 Å². The number of aliphatic hydroxyl groups excluding tert-OH is 7. The lowest BCUT2D eigenvalue weighted by Crippen LogP contribution is -2.64. The first-order chi connectivity index (χ1) is 28.3. The van der Waals surface area contributed by atoms with Gasteiger partial charge in [-0.25, -0.2) is 4.57 Å². The minimum atomic E-state index is -5.11. The van der Waals surface area contributed by atoms with Crippen molar-refractivity contribution in [1.82, 2.24) is 5.32 Å². The van der Waals surface area contributed by atoms with Crippen molar-refractivity contribution in [3.8, 4) is 0 Å². The van der Waals surface area contributed by atoms with Gasteiger partial charge in [-0.15, -0.1) is 0 Å². The number of aliphatic hydroxyl groups is 7. The molecule has 13 nitrogen and oxygen atoms in total. The van der Waals surface area contributed by atoms with E-state index in [0.717, 1.165) is 51.4 Å². The number of rotatable bonds is 40. The van der Waals surface area contributed by atoms with Crippen LogP contribution in [-0.4, -0.2) is 108 Å². The smallest absolute Gasteiger partial charge is 0.393 e. The average Bonchev–Trinajstić information content (AvgIpc) is 3.21. The molecule has 0 aliphatic heterocycles. The molecule has 352 valence electrons. The third kappa shape index (κ3) is 27.9. The SMILES string of the molecule is CCCCCCCCCCCCCCCCCCCCC(O)CC(=O)NC(COP(=O)(O)OC1C(O)C(O)C(O)C(O)C1O)C(O)CCCCCCCCCCCCC. The first-order valence-electron chi connectivity index (χ1n) is 24.1. The fraction of sp³-hybridized carbons (Fsp3) is 0.978. The highest BCUT2D eigenvalue weighted by atomic mass is 31.2. The molecule has 1 rings (SSSR count). The summed E-state index contributed by atoms with van der Waals surface area (Å²) < 4.78 is 22.9. The molecular weight excluding hydrogens is 777 g/mol. The maximum Gasteiger partial charge on any atom is 0.472 e. The standard InChI is InChI=1S/C45H90NO12P/c1-3-5-7-9-11-13-15-16-17-18-19-20-21-23-24-26-28-30-32-36(47)34-39(49)46-37(38(48)33-31-29-27-25-22-14-12-10-8-6-4-2)35-57-59(55,56)58-45-43(53)41(51)40(50)42(52)44(45)54/h36-38,40-45,47-48,50-54H,3-35H2,1-2H3,(H,46,49)(H,55,56). The number of hydrogen-bond acceptors (Lipinski definition) is 11. The van der Waals surface area contributed by atoms with Crippen molar-refractivity contribution in [2.45, 2.75) is 274 Å². The highest BCUT2D eigenvalue weighted by Crippen LogP contribution is 2.47. The topological polar surface area (TPSA) is 226 Å². The molecule has 9 N–H and O–H groups in total. The van der Waals surface area contributed by atoms with Gasteiger partial charge in [-0.05, 0) is 12.8 Å². The van der Waals surface area contributed by atoms with Crippen LogP contribution in [0.15, 0.2) is 0 Å². The van der Waals surface area contributed by atoms with E-state index in [0.29, 0.717) is 12.8 Å². The van der Waals surface area contributed by atoms with Crippen LogP contribution in [0.25, 0.3) is 0 Å². The van der Waals surface area contributed by atoms with Crippen LogP contribution >= 0.6 is 7.82 Å². The summed E-state index contributed by atoms with van der Waals surface area (Å²) in [6, 6.07) is -1.15. The minimum Gasteiger partial charge on any atom is -0.393 e. The molecule has 8 atom stereocenters. The fourth-order valence-corrected chi connectivity index (χ4v) is 8.98. The van der Waals surface area contributed by atoms with Gasteiger partial charge in [0.05, 0.1) is 31.3 Å². The first kappa shape index (κ1) is 56.3. The monoisotopic (exact) mass is 868 g/mol. The summed E-state index contributed by atoms with van der Waals surface area (Å²) in [5.74, 6) is -0.557. The quantitative estimate of drug-likeness (QED) is 0.0211. The molecule has 14 heteroatoms. The largest absolute Gasteiger partial charge is 0.472 e. The van der Waals surface area contributed by atoms with Gasteiger partial charge >= 0.3 is 7.82 Å². The number of hydrogen-bond donors (Lipinski definition) is 9. The Labute approximate surface area is 358 Å². The van der Waals surface area contributed by atoms with Gasteiger partial charge in [0.2, 0.25) is 5.91 Å². The number of phosphoric acid groups is 1. The Balaban J connectivity index is 2.45. The first-order valence-corrected chi connectivity index (χ1v) is 25.6. The van der Waals surface area contributed by atoms with Gasteiger partial charge in [-0.3, -0.25) is 13.8 Å². The number of amides is 1. The Morgan fingerprint density at radius 2 is 0.847 bits per heavy atom. The molecule has 1 aliphatic carbocycles. The molecule has 59 heavy (non-hydrogen) atoms. The van der Waals surface area contributed by atoms with E-state index in [1.54, 1.807) is 0 Å². The van der Waals surface area contributed by atoms with E-state index < -0.39 is 75.2 Å². The lowest BCUT2D eigenvalue weighted by molar-refractivity contribution is -0.220. The number of unbranched alkanes of at least 4 members (excludes halogenated alkanes) is 27. The summed E-state index contributed by atoms with van der Waals surface area (Å²) in [4.78, 5) is 23.4. The van der Waals surface area contributed by atoms with Crippen molar-refractivity contribution >= 4 is 13.7 Å². The van der Waals surface area contributed by atoms with Crippen LogP contribution in [0, 0.1) is 0 Å². The van der Waals surface area contributed by atoms with Crippen LogP contribution < -0.4 is 5.32 Å². The Kier molecular flexibility index (Phi) is 34.1. The molecule has 0 aromatic rings. The van der Waals surface area contributed by atoms with Crippen LogP contribution in [0.5, 0.6) is 0 Å². The lowest BCUT2D eigenvalue weighted by atomic mass is 9.85. The van der Waals surface area contributed by atoms with Crippen molar-refractivity contribution in [2.24, 2.45) is 0 Å². The highest BCUT2D eigenvalue weighted by Gasteiger charge is 2.51. The normalized spacial score (nSPS) is 23.5. The van der Waals surface area contributed by atoms with Gasteiger partial charge < -0.3 is 46.0 Å². The summed E-state index contributed by atoms with van der Waals surface area (Å²) >= 11 is 0. The maximum absolute atomic E-state index is 13.0. The zero-order chi connectivity index (χ0) is 43.7. The minimum absolute atomic E-state index is 0.216. The van der Waals surface area contributed by atoms with Crippen molar-refractivity contribution in [3.05, 3.63) is 0 Å². The third-order valence-electron chi connectivity index (χ3n) is 12.0. The van der Waals surface area contributed by atoms with Gasteiger partial charge in [0.1, 0.15) is 36.6 Å². The summed E-state index contributed by atoms with van der Waals surface area (Å²) in [7, 11) is -5.11. The van der Waals surface area contributed by atoms with Gasteiger partial charge in [0.25, 0.3) is 0 Å². The number of nitrogens with one attached hydrogen (secondary N) is 1. The van der Waals surface area contributed by atoms with Gasteiger partial charge in [-0.1, -0.05) is 200 Å². The van der Waals surface area contributed by atoms with Crippen LogP contribution in [-0.2, 0) is 18.4 Å². The molecule has 0 aromatic carbocycles. The summed E-state index contributed by atoms with van der Waals surface area (Å²) in [6.07, 6.45) is 21.6. The number of phosphoric ester groups is 1. The van der Waals surface area contributed by atoms with E-state index >= 15 is 0 Å². The van der Waals surface area contributed by atoms with E-state index in [1.807, 2.05) is 0 Å².